The van der Waals surface area contributed by atoms with Crippen molar-refractivity contribution in [3.05, 3.63) is 30.5 Å². The molecule has 0 fully saturated rings. The maximum Gasteiger partial charge on any atom is 0.258 e. The number of nitrogens with zero attached hydrogens (tertiary/aromatic N) is 2. The van der Waals surface area contributed by atoms with Crippen LogP contribution in [0.15, 0.2) is 40.1 Å². The molecule has 1 N–H and O–H groups in total. The van der Waals surface area contributed by atoms with Crippen molar-refractivity contribution in [2.45, 2.75) is 5.22 Å². The lowest BCUT2D eigenvalue weighted by Crippen LogP contribution is -2.14. The number of ether oxygens (including phenoxy) is 3. The van der Waals surface area contributed by atoms with Crippen LogP contribution in [0, 0.1) is 0 Å². The number of carbonyl (C=O) groups is 1. The summed E-state index contributed by atoms with van der Waals surface area (Å²) in [4.78, 5) is 20.5. The van der Waals surface area contributed by atoms with E-state index in [-0.39, 0.29) is 11.7 Å². The number of hydrogen-bond acceptors (Lipinski definition) is 8. The Hall–Kier alpha value is -2.94. The predicted molar refractivity (Wildman–Crippen MR) is 97.3 cm³/mol. The summed E-state index contributed by atoms with van der Waals surface area (Å²) in [6, 6.07) is 6.86. The summed E-state index contributed by atoms with van der Waals surface area (Å²) in [5.74, 6) is 1.28. The summed E-state index contributed by atoms with van der Waals surface area (Å²) in [5, 5.41) is 3.17. The Labute approximate surface area is 153 Å². The quantitative estimate of drug-likeness (QED) is 0.630. The number of benzene rings is 1. The highest BCUT2D eigenvalue weighted by molar-refractivity contribution is 7.99. The molecule has 2 heterocycles. The van der Waals surface area contributed by atoms with Gasteiger partial charge in [-0.1, -0.05) is 11.8 Å². The van der Waals surface area contributed by atoms with Gasteiger partial charge in [0.2, 0.25) is 11.7 Å². The van der Waals surface area contributed by atoms with Gasteiger partial charge in [0.15, 0.2) is 22.7 Å². The van der Waals surface area contributed by atoms with E-state index in [1.807, 2.05) is 0 Å². The van der Waals surface area contributed by atoms with Gasteiger partial charge >= 0.3 is 0 Å². The van der Waals surface area contributed by atoms with Crippen molar-refractivity contribution in [3.63, 3.8) is 0 Å². The highest BCUT2D eigenvalue weighted by Gasteiger charge is 2.15. The third-order valence-corrected chi connectivity index (χ3v) is 4.25. The van der Waals surface area contributed by atoms with Gasteiger partial charge in [-0.3, -0.25) is 4.79 Å². The van der Waals surface area contributed by atoms with Crippen molar-refractivity contribution in [3.8, 4) is 17.2 Å². The lowest BCUT2D eigenvalue weighted by molar-refractivity contribution is -0.113. The molecule has 2 aromatic heterocycles. The highest BCUT2D eigenvalue weighted by Crippen LogP contribution is 2.40. The standard InChI is InChI=1S/C17H17N3O5S/c1-22-12-7-10(8-13(23-2)15(12)24-3)19-14(21)9-26-17-20-16-11(25-17)5-4-6-18-16/h4-8H,9H2,1-3H3,(H,19,21). The first kappa shape index (κ1) is 17.9. The van der Waals surface area contributed by atoms with Crippen LogP contribution in [0.1, 0.15) is 0 Å². The summed E-state index contributed by atoms with van der Waals surface area (Å²) in [7, 11) is 4.55. The van der Waals surface area contributed by atoms with E-state index in [1.165, 1.54) is 33.1 Å². The molecule has 0 saturated heterocycles. The normalized spacial score (nSPS) is 10.6. The molecule has 0 aliphatic heterocycles. The van der Waals surface area contributed by atoms with Crippen molar-refractivity contribution in [2.75, 3.05) is 32.4 Å². The van der Waals surface area contributed by atoms with Crippen molar-refractivity contribution in [1.82, 2.24) is 9.97 Å². The number of aromatic nitrogens is 2. The second kappa shape index (κ2) is 7.96. The second-order valence-corrected chi connectivity index (χ2v) is 5.98. The monoisotopic (exact) mass is 375 g/mol. The summed E-state index contributed by atoms with van der Waals surface area (Å²) in [6.45, 7) is 0. The van der Waals surface area contributed by atoms with Gasteiger partial charge in [0, 0.05) is 24.0 Å². The van der Waals surface area contributed by atoms with Gasteiger partial charge in [0.05, 0.1) is 27.1 Å². The fraction of sp³-hybridized carbons (Fsp3) is 0.235. The van der Waals surface area contributed by atoms with Crippen molar-refractivity contribution in [1.29, 1.82) is 0 Å². The molecule has 3 aromatic rings. The summed E-state index contributed by atoms with van der Waals surface area (Å²) in [5.41, 5.74) is 1.63. The average Bonchev–Trinajstić information content (AvgIpc) is 3.08. The number of anilines is 1. The van der Waals surface area contributed by atoms with Crippen LogP contribution in [-0.2, 0) is 4.79 Å². The van der Waals surface area contributed by atoms with Crippen LogP contribution in [-0.4, -0.2) is 43.0 Å². The molecule has 0 radical (unpaired) electrons. The largest absolute Gasteiger partial charge is 0.493 e. The summed E-state index contributed by atoms with van der Waals surface area (Å²) in [6.07, 6.45) is 1.64. The molecular formula is C17H17N3O5S. The number of amides is 1. The predicted octanol–water partition coefficient (Wildman–Crippen LogP) is 2.98. The Morgan fingerprint density at radius 1 is 1.19 bits per heavy atom. The Morgan fingerprint density at radius 3 is 2.54 bits per heavy atom. The van der Waals surface area contributed by atoms with Crippen molar-refractivity contribution in [2.24, 2.45) is 0 Å². The fourth-order valence-electron chi connectivity index (χ4n) is 2.29. The maximum atomic E-state index is 12.2. The van der Waals surface area contributed by atoms with E-state index < -0.39 is 0 Å². The Morgan fingerprint density at radius 2 is 1.92 bits per heavy atom. The summed E-state index contributed by atoms with van der Waals surface area (Å²) < 4.78 is 21.3. The molecule has 0 unspecified atom stereocenters. The Balaban J connectivity index is 1.67. The number of carbonyl (C=O) groups excluding carboxylic acids is 1. The minimum atomic E-state index is -0.223. The van der Waals surface area contributed by atoms with E-state index in [1.54, 1.807) is 30.5 Å². The van der Waals surface area contributed by atoms with Gasteiger partial charge in [-0.05, 0) is 12.1 Å². The Kier molecular flexibility index (Phi) is 5.47. The van der Waals surface area contributed by atoms with Gasteiger partial charge in [-0.15, -0.1) is 0 Å². The van der Waals surface area contributed by atoms with Crippen LogP contribution >= 0.6 is 11.8 Å². The van der Waals surface area contributed by atoms with E-state index in [2.05, 4.69) is 15.3 Å². The third-order valence-electron chi connectivity index (χ3n) is 3.42. The van der Waals surface area contributed by atoms with Gasteiger partial charge < -0.3 is 23.9 Å². The molecule has 1 aromatic carbocycles. The zero-order valence-corrected chi connectivity index (χ0v) is 15.3. The van der Waals surface area contributed by atoms with Gasteiger partial charge in [-0.2, -0.15) is 4.98 Å². The minimum absolute atomic E-state index is 0.128. The smallest absolute Gasteiger partial charge is 0.258 e. The molecule has 0 saturated carbocycles. The molecular weight excluding hydrogens is 358 g/mol. The molecule has 3 rings (SSSR count). The first-order valence-corrected chi connectivity index (χ1v) is 8.57. The SMILES string of the molecule is COc1cc(NC(=O)CSc2nc3ncccc3o2)cc(OC)c1OC. The van der Waals surface area contributed by atoms with Gasteiger partial charge in [0.25, 0.3) is 5.22 Å². The number of oxazole rings is 1. The third kappa shape index (κ3) is 3.83. The van der Waals surface area contributed by atoms with E-state index in [0.717, 1.165) is 0 Å². The summed E-state index contributed by atoms with van der Waals surface area (Å²) >= 11 is 1.18. The van der Waals surface area contributed by atoms with Crippen LogP contribution in [0.5, 0.6) is 17.2 Å². The second-order valence-electron chi connectivity index (χ2n) is 5.06. The molecule has 8 nitrogen and oxygen atoms in total. The molecule has 1 amide bonds. The number of hydrogen-bond donors (Lipinski definition) is 1. The number of thioether (sulfide) groups is 1. The number of rotatable bonds is 7. The Bertz CT molecular complexity index is 870. The van der Waals surface area contributed by atoms with E-state index in [0.29, 0.717) is 39.4 Å². The molecule has 0 atom stereocenters. The maximum absolute atomic E-state index is 12.2. The first-order valence-electron chi connectivity index (χ1n) is 7.58. The van der Waals surface area contributed by atoms with Crippen LogP contribution in [0.4, 0.5) is 5.69 Å². The van der Waals surface area contributed by atoms with Crippen LogP contribution < -0.4 is 19.5 Å². The lowest BCUT2D eigenvalue weighted by Gasteiger charge is -2.14. The fourth-order valence-corrected chi connectivity index (χ4v) is 2.92. The first-order chi connectivity index (χ1) is 12.6. The van der Waals surface area contributed by atoms with E-state index in [4.69, 9.17) is 18.6 Å². The van der Waals surface area contributed by atoms with Crippen molar-refractivity contribution < 1.29 is 23.4 Å². The topological polar surface area (TPSA) is 95.7 Å². The number of nitrogens with one attached hydrogen (secondary N) is 1. The number of fused-ring (bicyclic) bond motifs is 1. The highest BCUT2D eigenvalue weighted by atomic mass is 32.2. The zero-order chi connectivity index (χ0) is 18.5. The van der Waals surface area contributed by atoms with Gasteiger partial charge in [-0.25, -0.2) is 4.98 Å². The molecule has 26 heavy (non-hydrogen) atoms. The molecule has 9 heteroatoms. The van der Waals surface area contributed by atoms with Crippen LogP contribution in [0.2, 0.25) is 0 Å². The van der Waals surface area contributed by atoms with Crippen LogP contribution in [0.3, 0.4) is 0 Å². The molecule has 0 aliphatic rings. The van der Waals surface area contributed by atoms with E-state index >= 15 is 0 Å². The number of methoxy groups -OCH3 is 3. The molecule has 0 aliphatic carbocycles. The van der Waals surface area contributed by atoms with Gasteiger partial charge in [0.1, 0.15) is 0 Å². The zero-order valence-electron chi connectivity index (χ0n) is 14.4. The minimum Gasteiger partial charge on any atom is -0.493 e. The molecule has 136 valence electrons. The van der Waals surface area contributed by atoms with Crippen LogP contribution in [0.25, 0.3) is 11.2 Å². The average molecular weight is 375 g/mol. The lowest BCUT2D eigenvalue weighted by atomic mass is 10.2. The van der Waals surface area contributed by atoms with E-state index in [9.17, 15) is 4.79 Å². The number of pyridine rings is 1. The van der Waals surface area contributed by atoms with Crippen molar-refractivity contribution >= 4 is 34.6 Å². The molecule has 0 spiro atoms. The molecule has 0 bridgehead atoms.